The van der Waals surface area contributed by atoms with Crippen LogP contribution >= 0.6 is 15.9 Å². The third-order valence-corrected chi connectivity index (χ3v) is 7.51. The van der Waals surface area contributed by atoms with E-state index in [1.807, 2.05) is 12.1 Å². The molecule has 0 spiro atoms. The fourth-order valence-electron chi connectivity index (χ4n) is 5.40. The maximum absolute atomic E-state index is 13.6. The molecule has 4 heterocycles. The number of carbonyl (C=O) groups excluding carboxylic acids is 1. The van der Waals surface area contributed by atoms with Crippen LogP contribution in [-0.4, -0.2) is 46.9 Å². The van der Waals surface area contributed by atoms with Crippen molar-refractivity contribution in [3.8, 4) is 5.75 Å². The number of piperidine rings is 2. The van der Waals surface area contributed by atoms with Crippen molar-refractivity contribution in [2.75, 3.05) is 26.2 Å². The van der Waals surface area contributed by atoms with Crippen molar-refractivity contribution in [3.63, 3.8) is 0 Å². The standard InChI is InChI=1S/C20H27BrN2O2/c1-12(2)19-8-22-10-20(13(3)4,18(19)25)11-23(9-19)17(22)15-7-14(21)5-6-16(15)24/h5-7,12-13,17,24H,8-11H2,1-4H3. The molecule has 1 N–H and O–H groups in total. The van der Waals surface area contributed by atoms with Gasteiger partial charge in [-0.3, -0.25) is 14.6 Å². The Bertz CT molecular complexity index is 684. The van der Waals surface area contributed by atoms with Gasteiger partial charge in [-0.2, -0.15) is 0 Å². The number of hydrogen-bond donors (Lipinski definition) is 1. The van der Waals surface area contributed by atoms with E-state index in [0.29, 0.717) is 23.4 Å². The Morgan fingerprint density at radius 3 is 1.96 bits per heavy atom. The van der Waals surface area contributed by atoms with Crippen molar-refractivity contribution in [2.45, 2.75) is 33.9 Å². The predicted molar refractivity (Wildman–Crippen MR) is 101 cm³/mol. The summed E-state index contributed by atoms with van der Waals surface area (Å²) in [5, 5.41) is 10.5. The van der Waals surface area contributed by atoms with Crippen LogP contribution in [0, 0.1) is 22.7 Å². The lowest BCUT2D eigenvalue weighted by Crippen LogP contribution is -2.78. The molecular formula is C20H27BrN2O2. The molecule has 5 heteroatoms. The molecule has 4 aliphatic rings. The molecule has 4 nitrogen and oxygen atoms in total. The normalized spacial score (nSPS) is 39.6. The Labute approximate surface area is 158 Å². The molecule has 136 valence electrons. The van der Waals surface area contributed by atoms with Crippen LogP contribution in [0.3, 0.4) is 0 Å². The molecule has 0 aliphatic carbocycles. The van der Waals surface area contributed by atoms with Gasteiger partial charge in [-0.15, -0.1) is 0 Å². The van der Waals surface area contributed by atoms with Crippen LogP contribution in [0.25, 0.3) is 0 Å². The Kier molecular flexibility index (Phi) is 3.88. The maximum Gasteiger partial charge on any atom is 0.150 e. The van der Waals surface area contributed by atoms with Crippen molar-refractivity contribution in [1.29, 1.82) is 0 Å². The molecule has 4 fully saturated rings. The molecule has 0 saturated carbocycles. The number of hydrogen-bond acceptors (Lipinski definition) is 4. The lowest BCUT2D eigenvalue weighted by Gasteiger charge is -2.68. The summed E-state index contributed by atoms with van der Waals surface area (Å²) in [4.78, 5) is 18.4. The average Bonchev–Trinajstić information content (AvgIpc) is 2.53. The summed E-state index contributed by atoms with van der Waals surface area (Å²) in [5.74, 6) is 1.46. The van der Waals surface area contributed by atoms with E-state index in [2.05, 4.69) is 53.4 Å². The number of aromatic hydroxyl groups is 1. The zero-order chi connectivity index (χ0) is 18.1. The molecule has 4 saturated heterocycles. The maximum atomic E-state index is 13.6. The average molecular weight is 407 g/mol. The first-order valence-electron chi connectivity index (χ1n) is 9.23. The highest BCUT2D eigenvalue weighted by atomic mass is 79.9. The largest absolute Gasteiger partial charge is 0.508 e. The van der Waals surface area contributed by atoms with Gasteiger partial charge in [0.25, 0.3) is 0 Å². The fourth-order valence-corrected chi connectivity index (χ4v) is 5.78. The molecule has 25 heavy (non-hydrogen) atoms. The summed E-state index contributed by atoms with van der Waals surface area (Å²) in [7, 11) is 0. The summed E-state index contributed by atoms with van der Waals surface area (Å²) in [6.45, 7) is 11.9. The molecule has 4 bridgehead atoms. The van der Waals surface area contributed by atoms with Crippen molar-refractivity contribution in [2.24, 2.45) is 22.7 Å². The van der Waals surface area contributed by atoms with E-state index in [-0.39, 0.29) is 17.0 Å². The Balaban J connectivity index is 1.82. The highest BCUT2D eigenvalue weighted by Crippen LogP contribution is 2.57. The van der Waals surface area contributed by atoms with E-state index in [9.17, 15) is 9.90 Å². The van der Waals surface area contributed by atoms with E-state index < -0.39 is 0 Å². The van der Waals surface area contributed by atoms with Gasteiger partial charge < -0.3 is 5.11 Å². The van der Waals surface area contributed by atoms with Gasteiger partial charge in [0.2, 0.25) is 0 Å². The summed E-state index contributed by atoms with van der Waals surface area (Å²) in [6, 6.07) is 5.65. The summed E-state index contributed by atoms with van der Waals surface area (Å²) in [6.07, 6.45) is 0.0596. The molecule has 1 aromatic carbocycles. The van der Waals surface area contributed by atoms with E-state index in [1.54, 1.807) is 6.07 Å². The van der Waals surface area contributed by atoms with Gasteiger partial charge in [-0.25, -0.2) is 0 Å². The number of carbonyl (C=O) groups is 1. The van der Waals surface area contributed by atoms with Crippen molar-refractivity contribution in [1.82, 2.24) is 9.80 Å². The van der Waals surface area contributed by atoms with Gasteiger partial charge in [0.15, 0.2) is 5.78 Å². The number of rotatable bonds is 3. The Morgan fingerprint density at radius 1 is 1.04 bits per heavy atom. The third kappa shape index (κ3) is 2.22. The number of Topliss-reactive ketones (excluding diaryl/α,β-unsaturated/α-hetero) is 1. The van der Waals surface area contributed by atoms with Crippen molar-refractivity contribution >= 4 is 21.7 Å². The topological polar surface area (TPSA) is 43.8 Å². The van der Waals surface area contributed by atoms with Gasteiger partial charge in [-0.1, -0.05) is 43.6 Å². The number of ketones is 1. The lowest BCUT2D eigenvalue weighted by atomic mass is 9.53. The first-order valence-corrected chi connectivity index (χ1v) is 10.0. The number of phenolic OH excluding ortho intramolecular Hbond substituents is 1. The zero-order valence-corrected chi connectivity index (χ0v) is 17.0. The van der Waals surface area contributed by atoms with Gasteiger partial charge in [0, 0.05) is 36.2 Å². The summed E-state index contributed by atoms with van der Waals surface area (Å²) in [5.41, 5.74) is 0.385. The minimum Gasteiger partial charge on any atom is -0.508 e. The van der Waals surface area contributed by atoms with E-state index in [1.165, 1.54) is 0 Å². The smallest absolute Gasteiger partial charge is 0.150 e. The second-order valence-corrected chi connectivity index (χ2v) is 9.75. The van der Waals surface area contributed by atoms with Crippen LogP contribution in [0.4, 0.5) is 0 Å². The predicted octanol–water partition coefficient (Wildman–Crippen LogP) is 3.65. The van der Waals surface area contributed by atoms with Gasteiger partial charge >= 0.3 is 0 Å². The number of halogens is 1. The molecule has 5 rings (SSSR count). The molecule has 0 aromatic heterocycles. The first-order chi connectivity index (χ1) is 11.7. The van der Waals surface area contributed by atoms with Crippen LogP contribution in [-0.2, 0) is 4.79 Å². The van der Waals surface area contributed by atoms with Crippen LogP contribution in [0.15, 0.2) is 22.7 Å². The van der Waals surface area contributed by atoms with E-state index >= 15 is 0 Å². The monoisotopic (exact) mass is 406 g/mol. The molecule has 4 aliphatic heterocycles. The van der Waals surface area contributed by atoms with E-state index in [0.717, 1.165) is 36.2 Å². The highest BCUT2D eigenvalue weighted by molar-refractivity contribution is 9.10. The van der Waals surface area contributed by atoms with Crippen LogP contribution in [0.2, 0.25) is 0 Å². The number of nitrogens with zero attached hydrogens (tertiary/aromatic N) is 2. The number of phenols is 1. The molecule has 0 atom stereocenters. The Morgan fingerprint density at radius 2 is 1.52 bits per heavy atom. The molecule has 0 radical (unpaired) electrons. The van der Waals surface area contributed by atoms with Gasteiger partial charge in [0.1, 0.15) is 5.75 Å². The Hall–Kier alpha value is -0.910. The lowest BCUT2D eigenvalue weighted by molar-refractivity contribution is -0.217. The van der Waals surface area contributed by atoms with E-state index in [4.69, 9.17) is 0 Å². The summed E-state index contributed by atoms with van der Waals surface area (Å²) < 4.78 is 0.977. The zero-order valence-electron chi connectivity index (χ0n) is 15.4. The molecular weight excluding hydrogens is 380 g/mol. The van der Waals surface area contributed by atoms with Gasteiger partial charge in [0.05, 0.1) is 17.0 Å². The highest BCUT2D eigenvalue weighted by Gasteiger charge is 2.67. The third-order valence-electron chi connectivity index (χ3n) is 7.02. The SMILES string of the molecule is CC(C)C12CN3CC(C(C)C)(CN(C1)C3c1cc(Br)ccc1O)C2=O. The second-order valence-electron chi connectivity index (χ2n) is 8.84. The minimum atomic E-state index is -0.279. The minimum absolute atomic E-state index is 0.0596. The van der Waals surface area contributed by atoms with Crippen LogP contribution in [0.5, 0.6) is 5.75 Å². The molecule has 1 aromatic rings. The van der Waals surface area contributed by atoms with Crippen LogP contribution in [0.1, 0.15) is 39.4 Å². The quantitative estimate of drug-likeness (QED) is 0.831. The molecule has 0 amide bonds. The molecule has 0 unspecified atom stereocenters. The second kappa shape index (κ2) is 5.54. The van der Waals surface area contributed by atoms with Crippen molar-refractivity contribution < 1.29 is 9.90 Å². The summed E-state index contributed by atoms with van der Waals surface area (Å²) >= 11 is 3.54. The fraction of sp³-hybridized carbons (Fsp3) is 0.650. The van der Waals surface area contributed by atoms with Gasteiger partial charge in [-0.05, 0) is 30.0 Å². The van der Waals surface area contributed by atoms with Crippen LogP contribution < -0.4 is 0 Å². The first kappa shape index (κ1) is 17.5. The van der Waals surface area contributed by atoms with Crippen molar-refractivity contribution in [3.05, 3.63) is 28.2 Å². The number of benzene rings is 1.